The first-order chi connectivity index (χ1) is 11.8. The maximum atomic E-state index is 6.02. The van der Waals surface area contributed by atoms with Crippen LogP contribution in [0, 0.1) is 6.92 Å². The summed E-state index contributed by atoms with van der Waals surface area (Å²) < 4.78 is 6.02. The Morgan fingerprint density at radius 3 is 2.96 bits per heavy atom. The van der Waals surface area contributed by atoms with E-state index < -0.39 is 0 Å². The topological polar surface area (TPSA) is 41.5 Å². The molecule has 4 rings (SSSR count). The molecule has 1 saturated heterocycles. The van der Waals surface area contributed by atoms with Crippen LogP contribution in [0.15, 0.2) is 36.5 Å². The van der Waals surface area contributed by atoms with Crippen molar-refractivity contribution in [3.8, 4) is 0 Å². The van der Waals surface area contributed by atoms with E-state index in [2.05, 4.69) is 50.1 Å². The SMILES string of the molecule is Cc1ncc2c(n1)CCN(CC1CN(c3ccccc3)CCO1)C2. The summed E-state index contributed by atoms with van der Waals surface area (Å²) in [4.78, 5) is 13.8. The van der Waals surface area contributed by atoms with Gasteiger partial charge in [0.1, 0.15) is 5.82 Å². The minimum atomic E-state index is 0.256. The lowest BCUT2D eigenvalue weighted by Gasteiger charge is -2.38. The third-order valence-electron chi connectivity index (χ3n) is 4.86. The Balaban J connectivity index is 1.38. The molecule has 0 radical (unpaired) electrons. The van der Waals surface area contributed by atoms with Crippen molar-refractivity contribution in [3.63, 3.8) is 0 Å². The second-order valence-electron chi connectivity index (χ2n) is 6.65. The summed E-state index contributed by atoms with van der Waals surface area (Å²) in [6.45, 7) is 7.63. The number of rotatable bonds is 3. The number of morpholine rings is 1. The van der Waals surface area contributed by atoms with E-state index in [4.69, 9.17) is 4.74 Å². The first kappa shape index (κ1) is 15.5. The monoisotopic (exact) mass is 324 g/mol. The van der Waals surface area contributed by atoms with E-state index in [9.17, 15) is 0 Å². The minimum absolute atomic E-state index is 0.256. The van der Waals surface area contributed by atoms with Crippen LogP contribution in [-0.4, -0.2) is 53.8 Å². The van der Waals surface area contributed by atoms with Gasteiger partial charge in [0.25, 0.3) is 0 Å². The number of aryl methyl sites for hydroxylation is 1. The van der Waals surface area contributed by atoms with Crippen LogP contribution >= 0.6 is 0 Å². The van der Waals surface area contributed by atoms with Crippen LogP contribution in [-0.2, 0) is 17.7 Å². The Bertz CT molecular complexity index is 691. The molecule has 24 heavy (non-hydrogen) atoms. The smallest absolute Gasteiger partial charge is 0.125 e. The molecule has 5 heteroatoms. The first-order valence-electron chi connectivity index (χ1n) is 8.73. The van der Waals surface area contributed by atoms with E-state index in [-0.39, 0.29) is 6.10 Å². The summed E-state index contributed by atoms with van der Waals surface area (Å²) >= 11 is 0. The molecule has 1 unspecified atom stereocenters. The van der Waals surface area contributed by atoms with Gasteiger partial charge in [-0.1, -0.05) is 18.2 Å². The quantitative estimate of drug-likeness (QED) is 0.864. The van der Waals surface area contributed by atoms with Crippen molar-refractivity contribution < 1.29 is 4.74 Å². The maximum Gasteiger partial charge on any atom is 0.125 e. The lowest BCUT2D eigenvalue weighted by molar-refractivity contribution is 0.0128. The Morgan fingerprint density at radius 1 is 1.21 bits per heavy atom. The number of ether oxygens (including phenoxy) is 1. The predicted octanol–water partition coefficient (Wildman–Crippen LogP) is 2.05. The molecule has 0 amide bonds. The zero-order valence-electron chi connectivity index (χ0n) is 14.2. The van der Waals surface area contributed by atoms with Gasteiger partial charge < -0.3 is 9.64 Å². The van der Waals surface area contributed by atoms with E-state index in [0.29, 0.717) is 0 Å². The highest BCUT2D eigenvalue weighted by atomic mass is 16.5. The summed E-state index contributed by atoms with van der Waals surface area (Å²) in [7, 11) is 0. The third kappa shape index (κ3) is 3.42. The Kier molecular flexibility index (Phi) is 4.45. The van der Waals surface area contributed by atoms with Gasteiger partial charge in [-0.3, -0.25) is 4.90 Å². The molecule has 2 aliphatic rings. The summed E-state index contributed by atoms with van der Waals surface area (Å²) in [5.74, 6) is 0.872. The molecule has 0 bridgehead atoms. The highest BCUT2D eigenvalue weighted by molar-refractivity contribution is 5.46. The lowest BCUT2D eigenvalue weighted by atomic mass is 10.1. The summed E-state index contributed by atoms with van der Waals surface area (Å²) in [6.07, 6.45) is 3.25. The summed E-state index contributed by atoms with van der Waals surface area (Å²) in [6, 6.07) is 10.6. The maximum absolute atomic E-state index is 6.02. The minimum Gasteiger partial charge on any atom is -0.373 e. The number of nitrogens with zero attached hydrogens (tertiary/aromatic N) is 4. The number of para-hydroxylation sites is 1. The predicted molar refractivity (Wildman–Crippen MR) is 94.1 cm³/mol. The van der Waals surface area contributed by atoms with Crippen LogP contribution in [0.2, 0.25) is 0 Å². The van der Waals surface area contributed by atoms with Crippen molar-refractivity contribution in [2.24, 2.45) is 0 Å². The van der Waals surface area contributed by atoms with E-state index in [0.717, 1.165) is 51.6 Å². The van der Waals surface area contributed by atoms with Crippen LogP contribution in [0.25, 0.3) is 0 Å². The average Bonchev–Trinajstić information content (AvgIpc) is 2.63. The number of anilines is 1. The molecule has 1 aromatic heterocycles. The van der Waals surface area contributed by atoms with Crippen molar-refractivity contribution in [1.82, 2.24) is 14.9 Å². The molecule has 0 N–H and O–H groups in total. The van der Waals surface area contributed by atoms with E-state index in [1.807, 2.05) is 13.1 Å². The normalized spacial score (nSPS) is 21.5. The van der Waals surface area contributed by atoms with Gasteiger partial charge in [-0.15, -0.1) is 0 Å². The van der Waals surface area contributed by atoms with Crippen molar-refractivity contribution in [2.75, 3.05) is 37.7 Å². The Morgan fingerprint density at radius 2 is 2.08 bits per heavy atom. The number of fused-ring (bicyclic) bond motifs is 1. The van der Waals surface area contributed by atoms with Crippen LogP contribution in [0.1, 0.15) is 17.1 Å². The molecule has 1 fully saturated rings. The van der Waals surface area contributed by atoms with Gasteiger partial charge in [0.15, 0.2) is 0 Å². The molecule has 0 saturated carbocycles. The molecule has 1 aromatic carbocycles. The molecule has 1 atom stereocenters. The van der Waals surface area contributed by atoms with Gasteiger partial charge in [-0.2, -0.15) is 0 Å². The lowest BCUT2D eigenvalue weighted by Crippen LogP contribution is -2.48. The Labute approximate surface area is 143 Å². The molecule has 5 nitrogen and oxygen atoms in total. The van der Waals surface area contributed by atoms with Crippen LogP contribution in [0.4, 0.5) is 5.69 Å². The van der Waals surface area contributed by atoms with Crippen molar-refractivity contribution in [3.05, 3.63) is 53.6 Å². The highest BCUT2D eigenvalue weighted by Gasteiger charge is 2.25. The van der Waals surface area contributed by atoms with Crippen molar-refractivity contribution >= 4 is 5.69 Å². The molecule has 2 aromatic rings. The number of benzene rings is 1. The molecule has 3 heterocycles. The van der Waals surface area contributed by atoms with Gasteiger partial charge in [0.05, 0.1) is 12.7 Å². The second kappa shape index (κ2) is 6.87. The molecule has 126 valence electrons. The second-order valence-corrected chi connectivity index (χ2v) is 6.65. The van der Waals surface area contributed by atoms with E-state index in [1.54, 1.807) is 0 Å². The van der Waals surface area contributed by atoms with Crippen LogP contribution in [0.5, 0.6) is 0 Å². The fraction of sp³-hybridized carbons (Fsp3) is 0.474. The molecular formula is C19H24N4O. The standard InChI is InChI=1S/C19H24N4O/c1-15-20-11-16-12-22(8-7-19(16)21-15)13-18-14-23(9-10-24-18)17-5-3-2-4-6-17/h2-6,11,18H,7-10,12-14H2,1H3. The van der Waals surface area contributed by atoms with E-state index >= 15 is 0 Å². The average molecular weight is 324 g/mol. The van der Waals surface area contributed by atoms with Crippen molar-refractivity contribution in [1.29, 1.82) is 0 Å². The third-order valence-corrected chi connectivity index (χ3v) is 4.86. The van der Waals surface area contributed by atoms with Crippen LogP contribution < -0.4 is 4.90 Å². The fourth-order valence-electron chi connectivity index (χ4n) is 3.62. The largest absolute Gasteiger partial charge is 0.373 e. The molecular weight excluding hydrogens is 300 g/mol. The summed E-state index contributed by atoms with van der Waals surface area (Å²) in [5.41, 5.74) is 3.77. The molecule has 0 spiro atoms. The highest BCUT2D eigenvalue weighted by Crippen LogP contribution is 2.20. The number of hydrogen-bond donors (Lipinski definition) is 0. The van der Waals surface area contributed by atoms with Crippen molar-refractivity contribution in [2.45, 2.75) is 26.0 Å². The van der Waals surface area contributed by atoms with Gasteiger partial charge in [-0.25, -0.2) is 9.97 Å². The van der Waals surface area contributed by atoms with Crippen LogP contribution in [0.3, 0.4) is 0 Å². The first-order valence-corrected chi connectivity index (χ1v) is 8.73. The summed E-state index contributed by atoms with van der Waals surface area (Å²) in [5, 5.41) is 0. The van der Waals surface area contributed by atoms with E-state index in [1.165, 1.54) is 16.9 Å². The fourth-order valence-corrected chi connectivity index (χ4v) is 3.62. The van der Waals surface area contributed by atoms with Gasteiger partial charge in [0.2, 0.25) is 0 Å². The van der Waals surface area contributed by atoms with Gasteiger partial charge in [0, 0.05) is 62.3 Å². The zero-order valence-corrected chi connectivity index (χ0v) is 14.2. The number of hydrogen-bond acceptors (Lipinski definition) is 5. The van der Waals surface area contributed by atoms with Gasteiger partial charge in [-0.05, 0) is 19.1 Å². The molecule has 2 aliphatic heterocycles. The van der Waals surface area contributed by atoms with Gasteiger partial charge >= 0.3 is 0 Å². The number of aromatic nitrogens is 2. The molecule has 0 aliphatic carbocycles. The zero-order chi connectivity index (χ0) is 16.4. The Hall–Kier alpha value is -1.98.